The summed E-state index contributed by atoms with van der Waals surface area (Å²) in [7, 11) is 0. The van der Waals surface area contributed by atoms with Gasteiger partial charge in [-0.25, -0.2) is 4.79 Å². The van der Waals surface area contributed by atoms with Crippen molar-refractivity contribution in [3.05, 3.63) is 53.6 Å². The quantitative estimate of drug-likeness (QED) is 0.182. The number of hydrogen-bond donors (Lipinski definition) is 0. The van der Waals surface area contributed by atoms with Crippen molar-refractivity contribution in [1.82, 2.24) is 0 Å². The number of esters is 1. The molecule has 2 aromatic carbocycles. The van der Waals surface area contributed by atoms with Gasteiger partial charge >= 0.3 is 12.1 Å². The molecule has 0 radical (unpaired) electrons. The SMILES string of the molecule is CC(C)(C)OC(=O)COCC#CC#CCOc1ccc(N2C(=S)N(c3ccc(C#N)c(C(F)(F)F)c3)C(=O)C2(C)C)cc1. The molecule has 0 unspecified atom stereocenters. The fraction of sp³-hybridized carbons (Fsp3) is 0.355. The minimum absolute atomic E-state index is 0.0129. The number of nitrogens with zero attached hydrogens (tertiary/aromatic N) is 3. The van der Waals surface area contributed by atoms with E-state index in [1.54, 1.807) is 63.8 Å². The highest BCUT2D eigenvalue weighted by atomic mass is 32.1. The molecular formula is C31H28F3N3O5S. The second-order valence-corrected chi connectivity index (χ2v) is 11.0. The molecule has 1 heterocycles. The van der Waals surface area contributed by atoms with E-state index in [-0.39, 0.29) is 30.6 Å². The van der Waals surface area contributed by atoms with Crippen LogP contribution in [0.25, 0.3) is 0 Å². The zero-order valence-electron chi connectivity index (χ0n) is 24.1. The zero-order valence-corrected chi connectivity index (χ0v) is 24.9. The van der Waals surface area contributed by atoms with Gasteiger partial charge in [0.2, 0.25) is 0 Å². The van der Waals surface area contributed by atoms with E-state index < -0.39 is 40.3 Å². The third-order valence-corrected chi connectivity index (χ3v) is 6.18. The lowest BCUT2D eigenvalue weighted by molar-refractivity contribution is -0.159. The van der Waals surface area contributed by atoms with E-state index in [9.17, 15) is 22.8 Å². The van der Waals surface area contributed by atoms with E-state index in [1.807, 2.05) is 0 Å². The minimum atomic E-state index is -4.79. The normalized spacial score (nSPS) is 14.3. The number of anilines is 2. The second-order valence-electron chi connectivity index (χ2n) is 10.6. The molecule has 0 bridgehead atoms. The number of alkyl halides is 3. The van der Waals surface area contributed by atoms with Crippen LogP contribution < -0.4 is 14.5 Å². The molecule has 0 aromatic heterocycles. The van der Waals surface area contributed by atoms with E-state index in [4.69, 9.17) is 31.7 Å². The number of carbonyl (C=O) groups excluding carboxylic acids is 2. The lowest BCUT2D eigenvalue weighted by Gasteiger charge is -2.29. The van der Waals surface area contributed by atoms with Crippen LogP contribution in [0, 0.1) is 35.0 Å². The molecule has 0 N–H and O–H groups in total. The first-order valence-electron chi connectivity index (χ1n) is 12.8. The van der Waals surface area contributed by atoms with Gasteiger partial charge in [-0.3, -0.25) is 9.69 Å². The van der Waals surface area contributed by atoms with Gasteiger partial charge in [0.05, 0.1) is 22.9 Å². The highest BCUT2D eigenvalue weighted by molar-refractivity contribution is 7.81. The second kappa shape index (κ2) is 13.2. The summed E-state index contributed by atoms with van der Waals surface area (Å²) in [6.07, 6.45) is -4.79. The van der Waals surface area contributed by atoms with E-state index in [2.05, 4.69) is 23.7 Å². The summed E-state index contributed by atoms with van der Waals surface area (Å²) in [5.41, 5.74) is -3.08. The lowest BCUT2D eigenvalue weighted by atomic mass is 10.0. The van der Waals surface area contributed by atoms with Crippen LogP contribution in [0.15, 0.2) is 42.5 Å². The highest BCUT2D eigenvalue weighted by Crippen LogP contribution is 2.39. The molecule has 8 nitrogen and oxygen atoms in total. The number of amides is 1. The average Bonchev–Trinajstić information content (AvgIpc) is 3.09. The highest BCUT2D eigenvalue weighted by Gasteiger charge is 2.50. The van der Waals surface area contributed by atoms with Crippen LogP contribution in [0.3, 0.4) is 0 Å². The fourth-order valence-electron chi connectivity index (χ4n) is 3.99. The molecule has 1 aliphatic rings. The Labute approximate surface area is 253 Å². The van der Waals surface area contributed by atoms with Gasteiger partial charge in [0.25, 0.3) is 5.91 Å². The predicted molar refractivity (Wildman–Crippen MR) is 157 cm³/mol. The Morgan fingerprint density at radius 3 is 2.19 bits per heavy atom. The third-order valence-electron chi connectivity index (χ3n) is 5.81. The molecule has 1 aliphatic heterocycles. The molecule has 1 saturated heterocycles. The summed E-state index contributed by atoms with van der Waals surface area (Å²) in [4.78, 5) is 27.5. The van der Waals surface area contributed by atoms with E-state index >= 15 is 0 Å². The first-order chi connectivity index (χ1) is 20.1. The summed E-state index contributed by atoms with van der Waals surface area (Å²) < 4.78 is 56.5. The van der Waals surface area contributed by atoms with E-state index in [0.717, 1.165) is 17.0 Å². The van der Waals surface area contributed by atoms with Crippen molar-refractivity contribution in [3.8, 4) is 35.5 Å². The van der Waals surface area contributed by atoms with Crippen LogP contribution >= 0.6 is 12.2 Å². The van der Waals surface area contributed by atoms with Crippen molar-refractivity contribution in [2.75, 3.05) is 29.6 Å². The standard InChI is InChI=1S/C31H28F3N3O5S/c1-29(2,3)42-26(38)20-40-16-8-6-7-9-17-41-24-14-12-22(13-15-24)37-28(43)36(27(39)30(37,4)5)23-11-10-21(19-35)25(18-23)31(32,33)34/h10-15,18H,16-17,20H2,1-5H3. The van der Waals surface area contributed by atoms with Crippen molar-refractivity contribution < 1.29 is 37.0 Å². The molecule has 0 spiro atoms. The van der Waals surface area contributed by atoms with Gasteiger partial charge in [0.15, 0.2) is 5.11 Å². The number of nitriles is 1. The molecule has 1 fully saturated rings. The number of halogens is 3. The average molecular weight is 612 g/mol. The van der Waals surface area contributed by atoms with Crippen LogP contribution in [0.2, 0.25) is 0 Å². The molecule has 43 heavy (non-hydrogen) atoms. The number of rotatable bonds is 7. The number of thiocarbonyl (C=S) groups is 1. The third kappa shape index (κ3) is 8.26. The van der Waals surface area contributed by atoms with E-state index in [1.165, 1.54) is 12.1 Å². The van der Waals surface area contributed by atoms with Crippen molar-refractivity contribution >= 4 is 40.6 Å². The van der Waals surface area contributed by atoms with Gasteiger partial charge in [-0.1, -0.05) is 5.92 Å². The van der Waals surface area contributed by atoms with Crippen LogP contribution in [0.1, 0.15) is 45.7 Å². The summed E-state index contributed by atoms with van der Waals surface area (Å²) in [5, 5.41) is 9.08. The molecule has 12 heteroatoms. The van der Waals surface area contributed by atoms with Gasteiger partial charge in [0.1, 0.15) is 36.7 Å². The Hall–Kier alpha value is -4.57. The van der Waals surface area contributed by atoms with Gasteiger partial charge < -0.3 is 19.1 Å². The summed E-state index contributed by atoms with van der Waals surface area (Å²) >= 11 is 5.54. The molecule has 0 aliphatic carbocycles. The Morgan fingerprint density at radius 1 is 1.00 bits per heavy atom. The Kier molecular flexibility index (Phi) is 10.1. The van der Waals surface area contributed by atoms with Crippen LogP contribution in [-0.4, -0.2) is 47.9 Å². The topological polar surface area (TPSA) is 92.1 Å². The molecular weight excluding hydrogens is 583 g/mol. The first-order valence-corrected chi connectivity index (χ1v) is 13.3. The van der Waals surface area contributed by atoms with Gasteiger partial charge in [0, 0.05) is 5.69 Å². The molecule has 2 aromatic rings. The molecule has 0 atom stereocenters. The molecule has 0 saturated carbocycles. The van der Waals surface area contributed by atoms with Crippen molar-refractivity contribution in [2.24, 2.45) is 0 Å². The number of benzene rings is 2. The van der Waals surface area contributed by atoms with Crippen molar-refractivity contribution in [3.63, 3.8) is 0 Å². The minimum Gasteiger partial charge on any atom is -0.481 e. The number of hydrogen-bond acceptors (Lipinski definition) is 7. The van der Waals surface area contributed by atoms with Crippen molar-refractivity contribution in [1.29, 1.82) is 5.26 Å². The largest absolute Gasteiger partial charge is 0.481 e. The Balaban J connectivity index is 1.62. The lowest BCUT2D eigenvalue weighted by Crippen LogP contribution is -2.44. The van der Waals surface area contributed by atoms with E-state index in [0.29, 0.717) is 11.4 Å². The first kappa shape index (κ1) is 32.9. The molecule has 1 amide bonds. The van der Waals surface area contributed by atoms with Gasteiger partial charge in [-0.2, -0.15) is 18.4 Å². The number of carbonyl (C=O) groups is 2. The zero-order chi connectivity index (χ0) is 32.0. The Morgan fingerprint density at radius 2 is 1.60 bits per heavy atom. The van der Waals surface area contributed by atoms with Crippen molar-refractivity contribution in [2.45, 2.75) is 51.9 Å². The Bertz CT molecular complexity index is 1570. The maximum atomic E-state index is 13.5. The number of ether oxygens (including phenoxy) is 3. The summed E-state index contributed by atoms with van der Waals surface area (Å²) in [5.74, 6) is 10.1. The maximum absolute atomic E-state index is 13.5. The smallest absolute Gasteiger partial charge is 0.417 e. The van der Waals surface area contributed by atoms with Crippen LogP contribution in [0.4, 0.5) is 24.5 Å². The predicted octanol–water partition coefficient (Wildman–Crippen LogP) is 5.24. The summed E-state index contributed by atoms with van der Waals surface area (Å²) in [6, 6.07) is 11.2. The van der Waals surface area contributed by atoms with Crippen LogP contribution in [0.5, 0.6) is 5.75 Å². The molecule has 3 rings (SSSR count). The molecule has 224 valence electrons. The van der Waals surface area contributed by atoms with Crippen LogP contribution in [-0.2, 0) is 25.2 Å². The summed E-state index contributed by atoms with van der Waals surface area (Å²) in [6.45, 7) is 8.34. The van der Waals surface area contributed by atoms with Gasteiger partial charge in [-0.05, 0) is 107 Å². The monoisotopic (exact) mass is 611 g/mol. The van der Waals surface area contributed by atoms with Gasteiger partial charge in [-0.15, -0.1) is 0 Å². The fourth-order valence-corrected chi connectivity index (χ4v) is 4.51. The maximum Gasteiger partial charge on any atom is 0.417 e.